The van der Waals surface area contributed by atoms with Gasteiger partial charge in [0.2, 0.25) is 10.0 Å². The second kappa shape index (κ2) is 10.0. The fourth-order valence-corrected chi connectivity index (χ4v) is 5.30. The van der Waals surface area contributed by atoms with E-state index in [4.69, 9.17) is 27.9 Å². The lowest BCUT2D eigenvalue weighted by molar-refractivity contribution is 0.407. The van der Waals surface area contributed by atoms with Gasteiger partial charge in [0.1, 0.15) is 5.75 Å². The van der Waals surface area contributed by atoms with Crippen molar-refractivity contribution in [3.05, 3.63) is 57.6 Å². The number of nitrogens with one attached hydrogen (secondary N) is 1. The highest BCUT2D eigenvalue weighted by atomic mass is 35.5. The van der Waals surface area contributed by atoms with E-state index in [-0.39, 0.29) is 10.8 Å². The maximum atomic E-state index is 12.5. The van der Waals surface area contributed by atoms with Gasteiger partial charge in [0.15, 0.2) is 0 Å². The Labute approximate surface area is 175 Å². The average Bonchev–Trinajstić information content (AvgIpc) is 2.62. The van der Waals surface area contributed by atoms with E-state index >= 15 is 0 Å². The highest BCUT2D eigenvalue weighted by molar-refractivity contribution is 7.98. The number of hydrogen-bond acceptors (Lipinski definition) is 4. The molecule has 0 unspecified atom stereocenters. The van der Waals surface area contributed by atoms with Crippen molar-refractivity contribution in [2.45, 2.75) is 30.4 Å². The van der Waals surface area contributed by atoms with E-state index in [1.807, 2.05) is 13.8 Å². The zero-order valence-electron chi connectivity index (χ0n) is 15.5. The summed E-state index contributed by atoms with van der Waals surface area (Å²) in [7, 11) is -1.99. The summed E-state index contributed by atoms with van der Waals surface area (Å²) in [4.78, 5) is 0.242. The van der Waals surface area contributed by atoms with E-state index in [1.54, 1.807) is 55.3 Å². The third-order valence-electron chi connectivity index (χ3n) is 3.98. The smallest absolute Gasteiger partial charge is 0.240 e. The molecule has 27 heavy (non-hydrogen) atoms. The second-order valence-corrected chi connectivity index (χ2v) is 9.90. The molecule has 0 saturated carbocycles. The van der Waals surface area contributed by atoms with Crippen molar-refractivity contribution in [1.82, 2.24) is 4.72 Å². The summed E-state index contributed by atoms with van der Waals surface area (Å²) in [5.74, 6) is 2.08. The fraction of sp³-hybridized carbons (Fsp3) is 0.368. The van der Waals surface area contributed by atoms with Crippen LogP contribution in [0.5, 0.6) is 5.75 Å². The molecule has 0 radical (unpaired) electrons. The first-order valence-electron chi connectivity index (χ1n) is 8.44. The average molecular weight is 448 g/mol. The van der Waals surface area contributed by atoms with E-state index in [9.17, 15) is 8.42 Å². The highest BCUT2D eigenvalue weighted by Crippen LogP contribution is 2.29. The predicted molar refractivity (Wildman–Crippen MR) is 115 cm³/mol. The van der Waals surface area contributed by atoms with Crippen LogP contribution in [0.1, 0.15) is 30.9 Å². The Bertz CT molecular complexity index is 866. The Morgan fingerprint density at radius 3 is 2.41 bits per heavy atom. The summed E-state index contributed by atoms with van der Waals surface area (Å²) in [6.45, 7) is 4.31. The number of benzene rings is 2. The lowest BCUT2D eigenvalue weighted by Crippen LogP contribution is -2.26. The minimum atomic E-state index is -3.57. The van der Waals surface area contributed by atoms with Gasteiger partial charge in [0.05, 0.1) is 12.0 Å². The number of thioether (sulfide) groups is 1. The van der Waals surface area contributed by atoms with Crippen molar-refractivity contribution in [2.24, 2.45) is 0 Å². The summed E-state index contributed by atoms with van der Waals surface area (Å²) >= 11 is 13.8. The zero-order valence-corrected chi connectivity index (χ0v) is 18.6. The molecule has 0 bridgehead atoms. The molecule has 0 spiro atoms. The van der Waals surface area contributed by atoms with Gasteiger partial charge in [-0.1, -0.05) is 43.1 Å². The minimum absolute atomic E-state index is 0.158. The van der Waals surface area contributed by atoms with Crippen LogP contribution in [0.4, 0.5) is 0 Å². The molecule has 0 heterocycles. The molecule has 148 valence electrons. The molecule has 0 amide bonds. The highest BCUT2D eigenvalue weighted by Gasteiger charge is 2.17. The first kappa shape index (κ1) is 22.4. The number of halogens is 2. The molecule has 2 aromatic carbocycles. The zero-order chi connectivity index (χ0) is 20.0. The third-order valence-corrected chi connectivity index (χ3v) is 7.13. The number of methoxy groups -OCH3 is 1. The Kier molecular flexibility index (Phi) is 8.31. The summed E-state index contributed by atoms with van der Waals surface area (Å²) in [5.41, 5.74) is 1.73. The van der Waals surface area contributed by atoms with Crippen LogP contribution in [0.3, 0.4) is 0 Å². The van der Waals surface area contributed by atoms with Gasteiger partial charge in [-0.2, -0.15) is 11.8 Å². The van der Waals surface area contributed by atoms with Gasteiger partial charge in [-0.3, -0.25) is 0 Å². The number of rotatable bonds is 9. The molecular weight excluding hydrogens is 425 g/mol. The molecule has 2 rings (SSSR count). The summed E-state index contributed by atoms with van der Waals surface area (Å²) in [6, 6.07) is 10.3. The quantitative estimate of drug-likeness (QED) is 0.527. The van der Waals surface area contributed by atoms with Crippen molar-refractivity contribution in [1.29, 1.82) is 0 Å². The number of hydrogen-bond donors (Lipinski definition) is 1. The van der Waals surface area contributed by atoms with Crippen LogP contribution in [-0.2, 0) is 15.8 Å². The molecular formula is C19H23Cl2NO3S2. The number of sulfonamides is 1. The van der Waals surface area contributed by atoms with E-state index in [0.29, 0.717) is 33.8 Å². The van der Waals surface area contributed by atoms with Gasteiger partial charge in [0.25, 0.3) is 0 Å². The van der Waals surface area contributed by atoms with Crippen LogP contribution >= 0.6 is 35.0 Å². The standard InChI is InChI=1S/C19H23Cl2NO3S2/c1-13(2)15-11-14(7-8-19(15)25-3)27(23,24)22-9-10-26-12-16-17(20)5-4-6-18(16)21/h4-8,11,13,22H,9-10,12H2,1-3H3. The Morgan fingerprint density at radius 1 is 1.15 bits per heavy atom. The molecule has 0 saturated heterocycles. The van der Waals surface area contributed by atoms with Crippen LogP contribution in [0.25, 0.3) is 0 Å². The Morgan fingerprint density at radius 2 is 1.81 bits per heavy atom. The van der Waals surface area contributed by atoms with Crippen molar-refractivity contribution in [3.8, 4) is 5.75 Å². The normalized spacial score (nSPS) is 11.8. The summed E-state index contributed by atoms with van der Waals surface area (Å²) in [6.07, 6.45) is 0. The first-order valence-corrected chi connectivity index (χ1v) is 11.8. The van der Waals surface area contributed by atoms with Gasteiger partial charge in [0, 0.05) is 28.1 Å². The van der Waals surface area contributed by atoms with Gasteiger partial charge in [-0.15, -0.1) is 0 Å². The van der Waals surface area contributed by atoms with E-state index in [2.05, 4.69) is 4.72 Å². The lowest BCUT2D eigenvalue weighted by atomic mass is 10.0. The number of ether oxygens (including phenoxy) is 1. The lowest BCUT2D eigenvalue weighted by Gasteiger charge is -2.14. The maximum Gasteiger partial charge on any atom is 0.240 e. The molecule has 0 atom stereocenters. The van der Waals surface area contributed by atoms with Crippen LogP contribution in [-0.4, -0.2) is 27.8 Å². The fourth-order valence-electron chi connectivity index (χ4n) is 2.51. The third kappa shape index (κ3) is 6.03. The van der Waals surface area contributed by atoms with Crippen LogP contribution < -0.4 is 9.46 Å². The Balaban J connectivity index is 1.94. The molecule has 0 aliphatic carbocycles. The van der Waals surface area contributed by atoms with Gasteiger partial charge < -0.3 is 4.74 Å². The molecule has 1 N–H and O–H groups in total. The molecule has 4 nitrogen and oxygen atoms in total. The van der Waals surface area contributed by atoms with Crippen LogP contribution in [0, 0.1) is 0 Å². The van der Waals surface area contributed by atoms with E-state index in [0.717, 1.165) is 11.1 Å². The molecule has 8 heteroatoms. The van der Waals surface area contributed by atoms with Crippen LogP contribution in [0.15, 0.2) is 41.3 Å². The van der Waals surface area contributed by atoms with E-state index in [1.165, 1.54) is 0 Å². The molecule has 0 aromatic heterocycles. The molecule has 0 aliphatic heterocycles. The molecule has 0 fully saturated rings. The second-order valence-electron chi connectivity index (χ2n) is 6.21. The van der Waals surface area contributed by atoms with Gasteiger partial charge >= 0.3 is 0 Å². The van der Waals surface area contributed by atoms with E-state index < -0.39 is 10.0 Å². The monoisotopic (exact) mass is 447 g/mol. The van der Waals surface area contributed by atoms with Gasteiger partial charge in [-0.05, 0) is 47.4 Å². The van der Waals surface area contributed by atoms with Crippen LogP contribution in [0.2, 0.25) is 10.0 Å². The SMILES string of the molecule is COc1ccc(S(=O)(=O)NCCSCc2c(Cl)cccc2Cl)cc1C(C)C. The maximum absolute atomic E-state index is 12.5. The summed E-state index contributed by atoms with van der Waals surface area (Å²) < 4.78 is 33.0. The van der Waals surface area contributed by atoms with Crippen molar-refractivity contribution < 1.29 is 13.2 Å². The predicted octanol–water partition coefficient (Wildman–Crippen LogP) is 5.34. The first-order chi connectivity index (χ1) is 12.8. The van der Waals surface area contributed by atoms with Crippen molar-refractivity contribution >= 4 is 45.0 Å². The molecule has 2 aromatic rings. The largest absolute Gasteiger partial charge is 0.496 e. The Hall–Kier alpha value is -0.920. The van der Waals surface area contributed by atoms with Gasteiger partial charge in [-0.25, -0.2) is 13.1 Å². The van der Waals surface area contributed by atoms with Crippen molar-refractivity contribution in [2.75, 3.05) is 19.4 Å². The topological polar surface area (TPSA) is 55.4 Å². The molecule has 0 aliphatic rings. The van der Waals surface area contributed by atoms with Crippen molar-refractivity contribution in [3.63, 3.8) is 0 Å². The summed E-state index contributed by atoms with van der Waals surface area (Å²) in [5, 5.41) is 1.24. The minimum Gasteiger partial charge on any atom is -0.496 e.